The maximum Gasteiger partial charge on any atom is 0.339 e. The first kappa shape index (κ1) is 23.3. The molecule has 9 heteroatoms. The minimum atomic E-state index is -3.90. The van der Waals surface area contributed by atoms with Gasteiger partial charge in [-0.3, -0.25) is 4.79 Å². The first-order valence-corrected chi connectivity index (χ1v) is 12.5. The third-order valence-corrected chi connectivity index (χ3v) is 7.36. The van der Waals surface area contributed by atoms with Crippen LogP contribution in [0.1, 0.15) is 15.9 Å². The lowest BCUT2D eigenvalue weighted by atomic mass is 10.1. The molecular weight excluding hydrogens is 511 g/mol. The lowest BCUT2D eigenvalue weighted by Gasteiger charge is -2.36. The van der Waals surface area contributed by atoms with E-state index < -0.39 is 15.9 Å². The second kappa shape index (κ2) is 9.52. The molecule has 1 saturated heterocycles. The van der Waals surface area contributed by atoms with Gasteiger partial charge >= 0.3 is 10.1 Å². The first-order valence-electron chi connectivity index (χ1n) is 10.3. The van der Waals surface area contributed by atoms with Gasteiger partial charge in [-0.15, -0.1) is 0 Å². The maximum atomic E-state index is 13.3. The summed E-state index contributed by atoms with van der Waals surface area (Å²) in [4.78, 5) is 16.7. The van der Waals surface area contributed by atoms with E-state index in [0.717, 1.165) is 11.3 Å². The second-order valence-corrected chi connectivity index (χ2v) is 10.1. The van der Waals surface area contributed by atoms with Crippen LogP contribution in [0.5, 0.6) is 5.75 Å². The van der Waals surface area contributed by atoms with Gasteiger partial charge in [0.2, 0.25) is 0 Å². The molecule has 6 nitrogen and oxygen atoms in total. The smallest absolute Gasteiger partial charge is 0.339 e. The average molecular weight is 533 g/mol. The fourth-order valence-electron chi connectivity index (χ4n) is 3.59. The molecule has 33 heavy (non-hydrogen) atoms. The molecule has 0 N–H and O–H groups in total. The monoisotopic (exact) mass is 532 g/mol. The molecule has 1 amide bonds. The van der Waals surface area contributed by atoms with Crippen LogP contribution in [0.25, 0.3) is 0 Å². The Labute approximate surface area is 200 Å². The SMILES string of the molecule is Cc1ccc(S(=O)(=O)Oc2ccc(N3CCN(C(=O)c4ccc(F)cc4Br)CC3)cc2)cc1. The molecule has 3 aromatic carbocycles. The number of anilines is 1. The van der Waals surface area contributed by atoms with E-state index in [1.54, 1.807) is 41.3 Å². The molecule has 0 atom stereocenters. The van der Waals surface area contributed by atoms with Crippen molar-refractivity contribution in [3.8, 4) is 5.75 Å². The van der Waals surface area contributed by atoms with E-state index in [0.29, 0.717) is 36.2 Å². The summed E-state index contributed by atoms with van der Waals surface area (Å²) in [5.74, 6) is -0.316. The predicted octanol–water partition coefficient (Wildman–Crippen LogP) is 4.63. The number of nitrogens with zero attached hydrogens (tertiary/aromatic N) is 2. The van der Waals surface area contributed by atoms with E-state index in [9.17, 15) is 17.6 Å². The number of aryl methyl sites for hydroxylation is 1. The highest BCUT2D eigenvalue weighted by Crippen LogP contribution is 2.25. The Balaban J connectivity index is 1.37. The van der Waals surface area contributed by atoms with Crippen LogP contribution in [-0.4, -0.2) is 45.4 Å². The second-order valence-electron chi connectivity index (χ2n) is 7.75. The Bertz CT molecular complexity index is 1260. The Kier molecular flexibility index (Phi) is 6.71. The van der Waals surface area contributed by atoms with Gasteiger partial charge in [-0.2, -0.15) is 8.42 Å². The van der Waals surface area contributed by atoms with E-state index in [2.05, 4.69) is 20.8 Å². The summed E-state index contributed by atoms with van der Waals surface area (Å²) < 4.78 is 43.9. The molecule has 0 saturated carbocycles. The van der Waals surface area contributed by atoms with Crippen molar-refractivity contribution in [1.82, 2.24) is 4.90 Å². The molecule has 1 fully saturated rings. The molecule has 0 spiro atoms. The van der Waals surface area contributed by atoms with Gasteiger partial charge in [0.1, 0.15) is 16.5 Å². The van der Waals surface area contributed by atoms with E-state index >= 15 is 0 Å². The molecule has 172 valence electrons. The zero-order chi connectivity index (χ0) is 23.6. The number of rotatable bonds is 5. The van der Waals surface area contributed by atoms with E-state index in [1.807, 2.05) is 6.92 Å². The molecule has 1 aliphatic heterocycles. The third-order valence-electron chi connectivity index (χ3n) is 5.45. The predicted molar refractivity (Wildman–Crippen MR) is 128 cm³/mol. The maximum absolute atomic E-state index is 13.3. The van der Waals surface area contributed by atoms with Crippen LogP contribution in [-0.2, 0) is 10.1 Å². The Morgan fingerprint density at radius 1 is 0.939 bits per heavy atom. The van der Waals surface area contributed by atoms with Gasteiger partial charge in [-0.05, 0) is 77.5 Å². The van der Waals surface area contributed by atoms with Crippen LogP contribution in [0.4, 0.5) is 10.1 Å². The highest BCUT2D eigenvalue weighted by atomic mass is 79.9. The highest BCUT2D eigenvalue weighted by molar-refractivity contribution is 9.10. The Hall–Kier alpha value is -2.91. The normalized spacial score (nSPS) is 14.3. The molecule has 0 aliphatic carbocycles. The molecule has 0 radical (unpaired) electrons. The Morgan fingerprint density at radius 3 is 2.18 bits per heavy atom. The van der Waals surface area contributed by atoms with Crippen LogP contribution in [0.15, 0.2) is 76.1 Å². The molecular formula is C24H22BrFN2O4S. The van der Waals surface area contributed by atoms with Crippen molar-refractivity contribution in [2.24, 2.45) is 0 Å². The summed E-state index contributed by atoms with van der Waals surface area (Å²) in [5.41, 5.74) is 2.30. The van der Waals surface area contributed by atoms with Crippen molar-refractivity contribution in [3.05, 3.63) is 88.1 Å². The number of carbonyl (C=O) groups excluding carboxylic acids is 1. The highest BCUT2D eigenvalue weighted by Gasteiger charge is 2.24. The molecule has 1 aliphatic rings. The first-order chi connectivity index (χ1) is 15.7. The van der Waals surface area contributed by atoms with E-state index in [-0.39, 0.29) is 16.6 Å². The largest absolute Gasteiger partial charge is 0.379 e. The minimum absolute atomic E-state index is 0.103. The summed E-state index contributed by atoms with van der Waals surface area (Å²) in [5, 5.41) is 0. The summed E-state index contributed by atoms with van der Waals surface area (Å²) >= 11 is 3.26. The van der Waals surface area contributed by atoms with Crippen LogP contribution >= 0.6 is 15.9 Å². The van der Waals surface area contributed by atoms with Gasteiger partial charge in [0.05, 0.1) is 5.56 Å². The zero-order valence-corrected chi connectivity index (χ0v) is 20.3. The van der Waals surface area contributed by atoms with E-state index in [1.165, 1.54) is 30.3 Å². The summed E-state index contributed by atoms with van der Waals surface area (Å²) in [7, 11) is -3.90. The van der Waals surface area contributed by atoms with Gasteiger partial charge in [-0.25, -0.2) is 4.39 Å². The van der Waals surface area contributed by atoms with E-state index in [4.69, 9.17) is 4.18 Å². The number of halogens is 2. The standard InChI is InChI=1S/C24H22BrFN2O4S/c1-17-2-9-21(10-3-17)33(30,31)32-20-7-5-19(6-8-20)27-12-14-28(15-13-27)24(29)22-11-4-18(26)16-23(22)25/h2-11,16H,12-15H2,1H3. The molecule has 3 aromatic rings. The summed E-state index contributed by atoms with van der Waals surface area (Å²) in [6.07, 6.45) is 0. The molecule has 0 unspecified atom stereocenters. The zero-order valence-electron chi connectivity index (χ0n) is 17.9. The Morgan fingerprint density at radius 2 is 1.58 bits per heavy atom. The topological polar surface area (TPSA) is 66.9 Å². The molecule has 0 aromatic heterocycles. The number of benzene rings is 3. The summed E-state index contributed by atoms with van der Waals surface area (Å²) in [6.45, 7) is 4.15. The lowest BCUT2D eigenvalue weighted by molar-refractivity contribution is 0.0746. The van der Waals surface area contributed by atoms with Crippen molar-refractivity contribution in [3.63, 3.8) is 0 Å². The fraction of sp³-hybridized carbons (Fsp3) is 0.208. The van der Waals surface area contributed by atoms with Gasteiger partial charge in [0.25, 0.3) is 5.91 Å². The van der Waals surface area contributed by atoms with Gasteiger partial charge in [0, 0.05) is 36.3 Å². The van der Waals surface area contributed by atoms with Crippen LogP contribution in [0.3, 0.4) is 0 Å². The van der Waals surface area contributed by atoms with Crippen molar-refractivity contribution in [2.75, 3.05) is 31.1 Å². The average Bonchev–Trinajstić information content (AvgIpc) is 2.79. The quantitative estimate of drug-likeness (QED) is 0.448. The molecule has 4 rings (SSSR count). The lowest BCUT2D eigenvalue weighted by Crippen LogP contribution is -2.48. The fourth-order valence-corrected chi connectivity index (χ4v) is 5.04. The summed E-state index contributed by atoms with van der Waals surface area (Å²) in [6, 6.07) is 17.4. The molecule has 0 bridgehead atoms. The minimum Gasteiger partial charge on any atom is -0.379 e. The number of hydrogen-bond acceptors (Lipinski definition) is 5. The number of piperazine rings is 1. The van der Waals surface area contributed by atoms with Gasteiger partial charge < -0.3 is 14.0 Å². The van der Waals surface area contributed by atoms with Gasteiger partial charge in [0.15, 0.2) is 0 Å². The van der Waals surface area contributed by atoms with Gasteiger partial charge in [-0.1, -0.05) is 17.7 Å². The van der Waals surface area contributed by atoms with Crippen LogP contribution in [0, 0.1) is 12.7 Å². The van der Waals surface area contributed by atoms with Crippen molar-refractivity contribution in [2.45, 2.75) is 11.8 Å². The van der Waals surface area contributed by atoms with Crippen molar-refractivity contribution >= 4 is 37.6 Å². The van der Waals surface area contributed by atoms with Crippen molar-refractivity contribution in [1.29, 1.82) is 0 Å². The number of amides is 1. The van der Waals surface area contributed by atoms with Crippen LogP contribution < -0.4 is 9.08 Å². The number of hydrogen-bond donors (Lipinski definition) is 0. The number of carbonyl (C=O) groups is 1. The molecule has 1 heterocycles. The van der Waals surface area contributed by atoms with Crippen LogP contribution in [0.2, 0.25) is 0 Å². The third kappa shape index (κ3) is 5.36. The van der Waals surface area contributed by atoms with Crippen molar-refractivity contribution < 1.29 is 21.8 Å².